The molecule has 126 valence electrons. The van der Waals surface area contributed by atoms with Crippen LogP contribution in [-0.2, 0) is 12.3 Å². The molecule has 0 saturated heterocycles. The maximum atomic E-state index is 5.28. The number of rotatable bonds is 7. The summed E-state index contributed by atoms with van der Waals surface area (Å²) in [6, 6.07) is 9.63. The summed E-state index contributed by atoms with van der Waals surface area (Å²) in [5.41, 5.74) is 1.93. The van der Waals surface area contributed by atoms with Gasteiger partial charge in [0.15, 0.2) is 4.34 Å². The molecule has 0 aromatic carbocycles. The second kappa shape index (κ2) is 7.77. The number of nitrogens with one attached hydrogen (secondary N) is 1. The predicted molar refractivity (Wildman–Crippen MR) is 101 cm³/mol. The summed E-state index contributed by atoms with van der Waals surface area (Å²) in [6.45, 7) is 0.603. The summed E-state index contributed by atoms with van der Waals surface area (Å²) in [5.74, 6) is 1.63. The van der Waals surface area contributed by atoms with Crippen molar-refractivity contribution in [1.29, 1.82) is 0 Å². The Kier molecular flexibility index (Phi) is 5.05. The molecule has 0 saturated carbocycles. The van der Waals surface area contributed by atoms with Gasteiger partial charge in [0.05, 0.1) is 24.2 Å². The summed E-state index contributed by atoms with van der Waals surface area (Å²) in [5, 5.41) is 15.3. The minimum absolute atomic E-state index is 0.603. The van der Waals surface area contributed by atoms with E-state index in [9.17, 15) is 0 Å². The normalized spacial score (nSPS) is 10.9. The second-order valence-electron chi connectivity index (χ2n) is 4.95. The Hall–Kier alpha value is -2.23. The van der Waals surface area contributed by atoms with E-state index >= 15 is 0 Å². The minimum Gasteiger partial charge on any atom is -0.467 e. The molecule has 0 fully saturated rings. The van der Waals surface area contributed by atoms with Crippen molar-refractivity contribution in [2.24, 2.45) is 0 Å². The molecule has 6 nitrogen and oxygen atoms in total. The van der Waals surface area contributed by atoms with E-state index < -0.39 is 0 Å². The van der Waals surface area contributed by atoms with Crippen LogP contribution in [-0.4, -0.2) is 20.2 Å². The fourth-order valence-electron chi connectivity index (χ4n) is 2.03. The number of anilines is 1. The first-order valence-electron chi connectivity index (χ1n) is 7.45. The number of thioether (sulfide) groups is 1. The summed E-state index contributed by atoms with van der Waals surface area (Å²) in [4.78, 5) is 8.97. The molecule has 0 amide bonds. The lowest BCUT2D eigenvalue weighted by Gasteiger charge is -1.97. The number of hydrogen-bond donors (Lipinski definition) is 1. The van der Waals surface area contributed by atoms with Gasteiger partial charge in [-0.15, -0.1) is 21.5 Å². The van der Waals surface area contributed by atoms with Crippen LogP contribution in [0.25, 0.3) is 10.7 Å². The number of pyridine rings is 1. The Morgan fingerprint density at radius 2 is 2.16 bits per heavy atom. The van der Waals surface area contributed by atoms with Gasteiger partial charge in [-0.3, -0.25) is 4.98 Å². The monoisotopic (exact) mass is 387 g/mol. The summed E-state index contributed by atoms with van der Waals surface area (Å²) < 4.78 is 6.19. The number of aromatic nitrogens is 4. The number of furan rings is 1. The van der Waals surface area contributed by atoms with Crippen LogP contribution in [0.4, 0.5) is 5.13 Å². The molecule has 0 aliphatic rings. The first kappa shape index (κ1) is 16.2. The largest absolute Gasteiger partial charge is 0.467 e. The molecule has 0 aliphatic heterocycles. The van der Waals surface area contributed by atoms with Crippen molar-refractivity contribution >= 4 is 39.6 Å². The van der Waals surface area contributed by atoms with Gasteiger partial charge in [0, 0.05) is 17.3 Å². The average molecular weight is 388 g/mol. The van der Waals surface area contributed by atoms with E-state index in [-0.39, 0.29) is 0 Å². The molecule has 9 heteroatoms. The lowest BCUT2D eigenvalue weighted by Crippen LogP contribution is -1.96. The predicted octanol–water partition coefficient (Wildman–Crippen LogP) is 4.55. The van der Waals surface area contributed by atoms with Crippen molar-refractivity contribution in [2.75, 3.05) is 5.32 Å². The van der Waals surface area contributed by atoms with Crippen molar-refractivity contribution in [3.05, 3.63) is 59.6 Å². The van der Waals surface area contributed by atoms with E-state index in [2.05, 4.69) is 30.9 Å². The van der Waals surface area contributed by atoms with Crippen LogP contribution in [0.15, 0.2) is 56.9 Å². The van der Waals surface area contributed by atoms with Crippen LogP contribution in [0, 0.1) is 0 Å². The molecule has 4 rings (SSSR count). The molecule has 1 N–H and O–H groups in total. The van der Waals surface area contributed by atoms with Gasteiger partial charge in [-0.05, 0) is 24.3 Å². The Morgan fingerprint density at radius 3 is 3.00 bits per heavy atom. The van der Waals surface area contributed by atoms with E-state index in [4.69, 9.17) is 4.42 Å². The molecule has 0 spiro atoms. The summed E-state index contributed by atoms with van der Waals surface area (Å²) in [7, 11) is 0. The van der Waals surface area contributed by atoms with Crippen LogP contribution < -0.4 is 5.32 Å². The lowest BCUT2D eigenvalue weighted by atomic mass is 10.4. The zero-order valence-corrected chi connectivity index (χ0v) is 15.4. The maximum Gasteiger partial charge on any atom is 0.206 e. The van der Waals surface area contributed by atoms with E-state index in [1.807, 2.05) is 30.3 Å². The molecule has 4 aromatic rings. The molecule has 0 aliphatic carbocycles. The molecular formula is C16H13N5OS3. The average Bonchev–Trinajstić information content (AvgIpc) is 3.40. The van der Waals surface area contributed by atoms with E-state index in [1.165, 1.54) is 11.3 Å². The van der Waals surface area contributed by atoms with Gasteiger partial charge in [-0.25, -0.2) is 4.98 Å². The Balaban J connectivity index is 1.32. The van der Waals surface area contributed by atoms with Crippen molar-refractivity contribution in [1.82, 2.24) is 20.2 Å². The Bertz CT molecular complexity index is 920. The maximum absolute atomic E-state index is 5.28. The Labute approximate surface area is 156 Å². The molecule has 4 heterocycles. The standard InChI is InChI=1S/C16H13N5OS3/c1-2-6-17-13(5-1)14-19-11(9-23-14)10-24-16-21-20-15(25-16)18-8-12-4-3-7-22-12/h1-7,9H,8,10H2,(H,18,20). The van der Waals surface area contributed by atoms with Gasteiger partial charge in [0.2, 0.25) is 5.13 Å². The van der Waals surface area contributed by atoms with Gasteiger partial charge in [-0.1, -0.05) is 29.2 Å². The molecule has 0 unspecified atom stereocenters. The third kappa shape index (κ3) is 4.25. The number of thiazole rings is 1. The van der Waals surface area contributed by atoms with Crippen LogP contribution >= 0.6 is 34.4 Å². The van der Waals surface area contributed by atoms with E-state index in [0.29, 0.717) is 6.54 Å². The van der Waals surface area contributed by atoms with Crippen molar-refractivity contribution in [3.63, 3.8) is 0 Å². The minimum atomic E-state index is 0.603. The highest BCUT2D eigenvalue weighted by Crippen LogP contribution is 2.30. The van der Waals surface area contributed by atoms with Crippen LogP contribution in [0.2, 0.25) is 0 Å². The van der Waals surface area contributed by atoms with Gasteiger partial charge < -0.3 is 9.73 Å². The number of hydrogen-bond acceptors (Lipinski definition) is 9. The van der Waals surface area contributed by atoms with Gasteiger partial charge in [-0.2, -0.15) is 0 Å². The zero-order chi connectivity index (χ0) is 16.9. The summed E-state index contributed by atoms with van der Waals surface area (Å²) in [6.07, 6.45) is 3.44. The molecular weight excluding hydrogens is 374 g/mol. The first-order valence-corrected chi connectivity index (χ1v) is 10.1. The highest BCUT2D eigenvalue weighted by atomic mass is 32.2. The molecule has 0 radical (unpaired) electrons. The van der Waals surface area contributed by atoms with Crippen LogP contribution in [0.1, 0.15) is 11.5 Å². The van der Waals surface area contributed by atoms with Gasteiger partial charge >= 0.3 is 0 Å². The smallest absolute Gasteiger partial charge is 0.206 e. The van der Waals surface area contributed by atoms with Crippen molar-refractivity contribution in [3.8, 4) is 10.7 Å². The molecule has 25 heavy (non-hydrogen) atoms. The highest BCUT2D eigenvalue weighted by Gasteiger charge is 2.09. The molecule has 4 aromatic heterocycles. The quantitative estimate of drug-likeness (QED) is 0.466. The van der Waals surface area contributed by atoms with E-state index in [1.54, 1.807) is 35.6 Å². The van der Waals surface area contributed by atoms with Crippen LogP contribution in [0.3, 0.4) is 0 Å². The molecule has 0 bridgehead atoms. The Morgan fingerprint density at radius 1 is 1.16 bits per heavy atom. The first-order chi connectivity index (χ1) is 12.4. The van der Waals surface area contributed by atoms with Crippen molar-refractivity contribution in [2.45, 2.75) is 16.6 Å². The van der Waals surface area contributed by atoms with Gasteiger partial charge in [0.25, 0.3) is 0 Å². The summed E-state index contributed by atoms with van der Waals surface area (Å²) >= 11 is 4.77. The van der Waals surface area contributed by atoms with Crippen molar-refractivity contribution < 1.29 is 4.42 Å². The zero-order valence-electron chi connectivity index (χ0n) is 13.0. The third-order valence-corrected chi connectivity index (χ3v) is 6.14. The second-order valence-corrected chi connectivity index (χ2v) is 8.01. The highest BCUT2D eigenvalue weighted by molar-refractivity contribution is 8.00. The fraction of sp³-hybridized carbons (Fsp3) is 0.125. The third-order valence-electron chi connectivity index (χ3n) is 3.18. The van der Waals surface area contributed by atoms with E-state index in [0.717, 1.165) is 37.4 Å². The SMILES string of the molecule is c1ccc(-c2nc(CSc3nnc(NCc4ccco4)s3)cs2)nc1. The van der Waals surface area contributed by atoms with Gasteiger partial charge in [0.1, 0.15) is 10.8 Å². The fourth-order valence-corrected chi connectivity index (χ4v) is 4.57. The number of nitrogens with zero attached hydrogens (tertiary/aromatic N) is 4. The van der Waals surface area contributed by atoms with Crippen LogP contribution in [0.5, 0.6) is 0 Å². The topological polar surface area (TPSA) is 76.7 Å². The molecule has 0 atom stereocenters. The lowest BCUT2D eigenvalue weighted by molar-refractivity contribution is 0.518.